The van der Waals surface area contributed by atoms with Gasteiger partial charge in [0, 0.05) is 29.2 Å². The van der Waals surface area contributed by atoms with Gasteiger partial charge in [-0.15, -0.1) is 0 Å². The Kier molecular flexibility index (Phi) is 6.28. The fraction of sp³-hybridized carbons (Fsp3) is 0.0357. The molecule has 8 heteroatoms. The van der Waals surface area contributed by atoms with Crippen molar-refractivity contribution in [3.63, 3.8) is 0 Å². The molecule has 0 atom stereocenters. The van der Waals surface area contributed by atoms with Crippen molar-refractivity contribution in [2.24, 2.45) is 5.73 Å². The van der Waals surface area contributed by atoms with Gasteiger partial charge >= 0.3 is 0 Å². The number of rotatable bonds is 7. The second-order valence-electron chi connectivity index (χ2n) is 8.28. The van der Waals surface area contributed by atoms with Crippen molar-refractivity contribution >= 4 is 44.3 Å². The summed E-state index contributed by atoms with van der Waals surface area (Å²) in [4.78, 5) is 13.3. The Morgan fingerprint density at radius 1 is 0.806 bits per heavy atom. The first-order valence-corrected chi connectivity index (χ1v) is 12.8. The highest BCUT2D eigenvalue weighted by atomic mass is 32.2. The first kappa shape index (κ1) is 23.3. The van der Waals surface area contributed by atoms with Gasteiger partial charge in [0.05, 0.1) is 16.2 Å². The molecule has 0 aromatic heterocycles. The van der Waals surface area contributed by atoms with Gasteiger partial charge in [-0.25, -0.2) is 8.42 Å². The lowest BCUT2D eigenvalue weighted by atomic mass is 10.00. The fourth-order valence-electron chi connectivity index (χ4n) is 4.03. The number of fused-ring (bicyclic) bond motifs is 1. The van der Waals surface area contributed by atoms with E-state index in [1.807, 2.05) is 60.7 Å². The Morgan fingerprint density at radius 3 is 2.14 bits per heavy atom. The molecule has 1 aliphatic rings. The number of nitrogens with two attached hydrogens (primary N) is 1. The highest BCUT2D eigenvalue weighted by Crippen LogP contribution is 2.39. The predicted molar refractivity (Wildman–Crippen MR) is 144 cm³/mol. The number of hydrogen-bond donors (Lipinski definition) is 4. The summed E-state index contributed by atoms with van der Waals surface area (Å²) < 4.78 is 28.8. The molecule has 0 spiro atoms. The van der Waals surface area contributed by atoms with E-state index in [-0.39, 0.29) is 10.8 Å². The van der Waals surface area contributed by atoms with Gasteiger partial charge in [-0.3, -0.25) is 9.52 Å². The smallest absolute Gasteiger partial charge is 0.261 e. The largest absolute Gasteiger partial charge is 0.354 e. The quantitative estimate of drug-likeness (QED) is 0.273. The number of amides is 1. The van der Waals surface area contributed by atoms with Crippen molar-refractivity contribution in [3.8, 4) is 0 Å². The van der Waals surface area contributed by atoms with E-state index in [0.717, 1.165) is 16.8 Å². The molecule has 0 bridgehead atoms. The molecule has 5 N–H and O–H groups in total. The van der Waals surface area contributed by atoms with E-state index in [1.165, 1.54) is 12.1 Å². The number of carbonyl (C=O) groups excluding carboxylic acids is 1. The zero-order valence-electron chi connectivity index (χ0n) is 19.2. The number of sulfonamides is 1. The van der Waals surface area contributed by atoms with Crippen molar-refractivity contribution < 1.29 is 13.2 Å². The second-order valence-corrected chi connectivity index (χ2v) is 9.96. The Morgan fingerprint density at radius 2 is 1.47 bits per heavy atom. The molecule has 1 heterocycles. The average Bonchev–Trinajstić information content (AvgIpc) is 3.23. The normalized spacial score (nSPS) is 14.1. The van der Waals surface area contributed by atoms with E-state index >= 15 is 0 Å². The second kappa shape index (κ2) is 9.69. The average molecular weight is 497 g/mol. The summed E-state index contributed by atoms with van der Waals surface area (Å²) in [6, 6.07) is 30.3. The first-order valence-electron chi connectivity index (χ1n) is 11.3. The zero-order chi connectivity index (χ0) is 25.1. The number of nitrogens with one attached hydrogen (secondary N) is 3. The van der Waals surface area contributed by atoms with E-state index in [0.29, 0.717) is 34.8 Å². The van der Waals surface area contributed by atoms with Gasteiger partial charge in [-0.05, 0) is 53.6 Å². The molecule has 1 aliphatic heterocycles. The van der Waals surface area contributed by atoms with Gasteiger partial charge in [-0.1, -0.05) is 60.7 Å². The van der Waals surface area contributed by atoms with E-state index in [1.54, 1.807) is 30.3 Å². The molecule has 5 rings (SSSR count). The van der Waals surface area contributed by atoms with Crippen LogP contribution in [0.5, 0.6) is 0 Å². The highest BCUT2D eigenvalue weighted by Gasteiger charge is 2.30. The van der Waals surface area contributed by atoms with Gasteiger partial charge in [-0.2, -0.15) is 0 Å². The summed E-state index contributed by atoms with van der Waals surface area (Å²) in [7, 11) is -3.88. The van der Waals surface area contributed by atoms with Crippen LogP contribution in [-0.2, 0) is 21.4 Å². The van der Waals surface area contributed by atoms with Crippen LogP contribution in [0.1, 0.15) is 16.7 Å². The zero-order valence-corrected chi connectivity index (χ0v) is 20.0. The lowest BCUT2D eigenvalue weighted by Gasteiger charge is -2.15. The molecular weight excluding hydrogens is 472 g/mol. The number of para-hydroxylation sites is 1. The lowest BCUT2D eigenvalue weighted by molar-refractivity contribution is -0.110. The van der Waals surface area contributed by atoms with Crippen molar-refractivity contribution in [2.75, 3.05) is 15.4 Å². The first-order chi connectivity index (χ1) is 17.4. The molecule has 0 saturated carbocycles. The van der Waals surface area contributed by atoms with Gasteiger partial charge in [0.1, 0.15) is 0 Å². The van der Waals surface area contributed by atoms with Crippen molar-refractivity contribution in [3.05, 3.63) is 120 Å². The molecule has 4 aromatic rings. The monoisotopic (exact) mass is 496 g/mol. The molecule has 0 aliphatic carbocycles. The van der Waals surface area contributed by atoms with Crippen LogP contribution in [0.3, 0.4) is 0 Å². The minimum Gasteiger partial charge on any atom is -0.354 e. The van der Waals surface area contributed by atoms with Gasteiger partial charge in [0.2, 0.25) is 0 Å². The maximum atomic E-state index is 13.2. The maximum Gasteiger partial charge on any atom is 0.261 e. The highest BCUT2D eigenvalue weighted by molar-refractivity contribution is 7.92. The molecule has 36 heavy (non-hydrogen) atoms. The third-order valence-corrected chi connectivity index (χ3v) is 7.22. The molecule has 180 valence electrons. The lowest BCUT2D eigenvalue weighted by Crippen LogP contribution is -2.13. The molecule has 0 radical (unpaired) electrons. The molecular formula is C28H24N4O3S. The van der Waals surface area contributed by atoms with Crippen LogP contribution >= 0.6 is 0 Å². The third-order valence-electron chi connectivity index (χ3n) is 5.84. The van der Waals surface area contributed by atoms with Crippen LogP contribution in [0.2, 0.25) is 0 Å². The van der Waals surface area contributed by atoms with Crippen LogP contribution < -0.4 is 21.1 Å². The summed E-state index contributed by atoms with van der Waals surface area (Å²) >= 11 is 0. The van der Waals surface area contributed by atoms with E-state index in [4.69, 9.17) is 5.73 Å². The molecule has 0 saturated heterocycles. The van der Waals surface area contributed by atoms with Crippen LogP contribution in [0, 0.1) is 0 Å². The Balaban J connectivity index is 1.61. The Labute approximate surface area is 209 Å². The minimum absolute atomic E-state index is 0.0545. The third kappa shape index (κ3) is 4.72. The van der Waals surface area contributed by atoms with Gasteiger partial charge in [0.15, 0.2) is 0 Å². The van der Waals surface area contributed by atoms with Crippen molar-refractivity contribution in [1.29, 1.82) is 0 Å². The number of hydrogen-bond acceptors (Lipinski definition) is 5. The van der Waals surface area contributed by atoms with Crippen molar-refractivity contribution in [1.82, 2.24) is 0 Å². The molecule has 7 nitrogen and oxygen atoms in total. The van der Waals surface area contributed by atoms with Crippen LogP contribution in [0.15, 0.2) is 108 Å². The van der Waals surface area contributed by atoms with Crippen LogP contribution in [-0.4, -0.2) is 14.3 Å². The summed E-state index contributed by atoms with van der Waals surface area (Å²) in [6.45, 7) is 0.428. The standard InChI is InChI=1S/C28H24N4O3S/c29-18-19-11-13-21(14-12-19)30-27(20-7-3-1-4-8-20)26-24-17-23(15-16-25(24)31-28(26)33)36(34,35)32-22-9-5-2-6-10-22/h1-17,30,32H,18,29H2,(H,31,33). The number of anilines is 3. The van der Waals surface area contributed by atoms with Gasteiger partial charge < -0.3 is 16.4 Å². The van der Waals surface area contributed by atoms with E-state index in [9.17, 15) is 13.2 Å². The minimum atomic E-state index is -3.88. The van der Waals surface area contributed by atoms with Gasteiger partial charge in [0.25, 0.3) is 15.9 Å². The topological polar surface area (TPSA) is 113 Å². The Bertz CT molecular complexity index is 1550. The summed E-state index contributed by atoms with van der Waals surface area (Å²) in [6.07, 6.45) is 0. The molecule has 0 fully saturated rings. The predicted octanol–water partition coefficient (Wildman–Crippen LogP) is 4.88. The maximum absolute atomic E-state index is 13.2. The Hall–Kier alpha value is -4.40. The summed E-state index contributed by atoms with van der Waals surface area (Å²) in [5, 5.41) is 6.23. The molecule has 1 amide bonds. The van der Waals surface area contributed by atoms with Crippen LogP contribution in [0.4, 0.5) is 17.1 Å². The summed E-state index contributed by atoms with van der Waals surface area (Å²) in [5.41, 5.74) is 10.7. The summed E-state index contributed by atoms with van der Waals surface area (Å²) in [5.74, 6) is -0.319. The number of carbonyl (C=O) groups is 1. The molecule has 4 aromatic carbocycles. The van der Waals surface area contributed by atoms with E-state index < -0.39 is 10.0 Å². The van der Waals surface area contributed by atoms with E-state index in [2.05, 4.69) is 15.4 Å². The fourth-order valence-corrected chi connectivity index (χ4v) is 5.12. The van der Waals surface area contributed by atoms with Crippen molar-refractivity contribution in [2.45, 2.75) is 11.4 Å². The molecule has 0 unspecified atom stereocenters. The van der Waals surface area contributed by atoms with Crippen LogP contribution in [0.25, 0.3) is 11.3 Å². The SMILES string of the molecule is NCc1ccc(NC(=C2C(=O)Nc3ccc(S(=O)(=O)Nc4ccccc4)cc32)c2ccccc2)cc1. The number of benzene rings is 4.